The summed E-state index contributed by atoms with van der Waals surface area (Å²) in [4.78, 5) is 10.0. The molecule has 0 bridgehead atoms. The van der Waals surface area contributed by atoms with E-state index in [4.69, 9.17) is 9.97 Å². The lowest BCUT2D eigenvalue weighted by Gasteiger charge is -2.31. The van der Waals surface area contributed by atoms with Crippen LogP contribution in [0.25, 0.3) is 89.5 Å². The topological polar surface area (TPSA) is 25.8 Å². The molecular formula is C59H38N2. The molecule has 2 aliphatic rings. The Hall–Kier alpha value is -7.94. The number of hydrogen-bond donors (Lipinski definition) is 0. The quantitative estimate of drug-likeness (QED) is 0.168. The maximum Gasteiger partial charge on any atom is 0.160 e. The van der Waals surface area contributed by atoms with E-state index in [1.807, 2.05) is 24.3 Å². The molecule has 10 aromatic rings. The summed E-state index contributed by atoms with van der Waals surface area (Å²) in [6.45, 7) is 0. The van der Waals surface area contributed by atoms with E-state index in [-0.39, 0.29) is 0 Å². The van der Waals surface area contributed by atoms with Gasteiger partial charge in [0.25, 0.3) is 0 Å². The van der Waals surface area contributed by atoms with Crippen LogP contribution in [0.1, 0.15) is 22.3 Å². The van der Waals surface area contributed by atoms with E-state index in [2.05, 4.69) is 206 Å². The van der Waals surface area contributed by atoms with E-state index in [9.17, 15) is 0 Å². The Kier molecular flexibility index (Phi) is 8.11. The van der Waals surface area contributed by atoms with Gasteiger partial charge in [-0.15, -0.1) is 0 Å². The van der Waals surface area contributed by atoms with E-state index in [1.165, 1.54) is 66.8 Å². The van der Waals surface area contributed by atoms with Crippen LogP contribution >= 0.6 is 0 Å². The van der Waals surface area contributed by atoms with Crippen molar-refractivity contribution >= 4 is 0 Å². The summed E-state index contributed by atoms with van der Waals surface area (Å²) in [5.74, 6) is 0.717. The Labute approximate surface area is 356 Å². The lowest BCUT2D eigenvalue weighted by molar-refractivity contribution is 0.794. The first-order chi connectivity index (χ1) is 30.2. The molecule has 9 aromatic carbocycles. The molecule has 2 aliphatic carbocycles. The number of aromatic nitrogens is 2. The highest BCUT2D eigenvalue weighted by Gasteiger charge is 2.51. The molecular weight excluding hydrogens is 737 g/mol. The molecule has 2 nitrogen and oxygen atoms in total. The number of nitrogens with zero attached hydrogens (tertiary/aromatic N) is 2. The first kappa shape index (κ1) is 35.0. The molecule has 0 radical (unpaired) electrons. The number of fused-ring (bicyclic) bond motifs is 10. The van der Waals surface area contributed by atoms with Crippen LogP contribution in [-0.4, -0.2) is 9.97 Å². The summed E-state index contributed by atoms with van der Waals surface area (Å²) in [5, 5.41) is 0. The molecule has 0 fully saturated rings. The average molecular weight is 775 g/mol. The lowest BCUT2D eigenvalue weighted by Crippen LogP contribution is -2.25. The van der Waals surface area contributed by atoms with Crippen molar-refractivity contribution in [3.05, 3.63) is 253 Å². The zero-order valence-corrected chi connectivity index (χ0v) is 33.3. The van der Waals surface area contributed by atoms with Gasteiger partial charge in [0, 0.05) is 16.7 Å². The molecule has 12 rings (SSSR count). The third-order valence-corrected chi connectivity index (χ3v) is 12.8. The Balaban J connectivity index is 0.962. The Bertz CT molecular complexity index is 3160. The molecule has 0 saturated carbocycles. The molecule has 0 amide bonds. The van der Waals surface area contributed by atoms with Crippen molar-refractivity contribution in [3.63, 3.8) is 0 Å². The molecule has 0 N–H and O–H groups in total. The minimum atomic E-state index is -0.405. The fourth-order valence-electron chi connectivity index (χ4n) is 9.98. The maximum absolute atomic E-state index is 5.06. The van der Waals surface area contributed by atoms with Crippen LogP contribution in [0.2, 0.25) is 0 Å². The van der Waals surface area contributed by atoms with Crippen LogP contribution < -0.4 is 0 Å². The predicted molar refractivity (Wildman–Crippen MR) is 251 cm³/mol. The normalized spacial score (nSPS) is 12.7. The summed E-state index contributed by atoms with van der Waals surface area (Å²) in [6, 6.07) is 83.5. The summed E-state index contributed by atoms with van der Waals surface area (Å²) >= 11 is 0. The maximum atomic E-state index is 5.06. The summed E-state index contributed by atoms with van der Waals surface area (Å²) in [6.07, 6.45) is 0. The molecule has 0 unspecified atom stereocenters. The van der Waals surface area contributed by atoms with Crippen LogP contribution in [0.4, 0.5) is 0 Å². The van der Waals surface area contributed by atoms with Gasteiger partial charge in [-0.3, -0.25) is 0 Å². The Morgan fingerprint density at radius 1 is 0.230 bits per heavy atom. The van der Waals surface area contributed by atoms with E-state index >= 15 is 0 Å². The molecule has 61 heavy (non-hydrogen) atoms. The largest absolute Gasteiger partial charge is 0.228 e. The van der Waals surface area contributed by atoms with Gasteiger partial charge >= 0.3 is 0 Å². The molecule has 284 valence electrons. The summed E-state index contributed by atoms with van der Waals surface area (Å²) < 4.78 is 0. The van der Waals surface area contributed by atoms with Gasteiger partial charge in [-0.1, -0.05) is 212 Å². The molecule has 0 aliphatic heterocycles. The zero-order valence-electron chi connectivity index (χ0n) is 33.3. The average Bonchev–Trinajstić information content (AvgIpc) is 3.81. The highest BCUT2D eigenvalue weighted by Crippen LogP contribution is 2.63. The first-order valence-corrected chi connectivity index (χ1v) is 21.0. The second-order valence-corrected chi connectivity index (χ2v) is 16.0. The number of rotatable bonds is 6. The van der Waals surface area contributed by atoms with E-state index in [1.54, 1.807) is 0 Å². The van der Waals surface area contributed by atoms with Crippen molar-refractivity contribution in [3.8, 4) is 89.5 Å². The van der Waals surface area contributed by atoms with Crippen molar-refractivity contribution in [1.29, 1.82) is 0 Å². The predicted octanol–water partition coefficient (Wildman–Crippen LogP) is 14.8. The minimum Gasteiger partial charge on any atom is -0.228 e. The Morgan fingerprint density at radius 2 is 0.590 bits per heavy atom. The van der Waals surface area contributed by atoms with Crippen LogP contribution in [0, 0.1) is 0 Å². The number of hydrogen-bond acceptors (Lipinski definition) is 2. The van der Waals surface area contributed by atoms with E-state index in [0.717, 1.165) is 39.2 Å². The molecule has 0 saturated heterocycles. The molecule has 2 heteroatoms. The molecule has 0 atom stereocenters. The van der Waals surface area contributed by atoms with Crippen molar-refractivity contribution in [2.24, 2.45) is 0 Å². The second kappa shape index (κ2) is 14.1. The van der Waals surface area contributed by atoms with Gasteiger partial charge in [-0.25, -0.2) is 9.97 Å². The van der Waals surface area contributed by atoms with Crippen molar-refractivity contribution in [2.75, 3.05) is 0 Å². The fourth-order valence-corrected chi connectivity index (χ4v) is 9.98. The minimum absolute atomic E-state index is 0.405. The van der Waals surface area contributed by atoms with Crippen molar-refractivity contribution in [2.45, 2.75) is 5.41 Å². The highest BCUT2D eigenvalue weighted by atomic mass is 14.9. The third kappa shape index (κ3) is 5.57. The van der Waals surface area contributed by atoms with Gasteiger partial charge in [-0.2, -0.15) is 0 Å². The second-order valence-electron chi connectivity index (χ2n) is 16.0. The van der Waals surface area contributed by atoms with Crippen LogP contribution in [0.15, 0.2) is 231 Å². The summed E-state index contributed by atoms with van der Waals surface area (Å²) in [5.41, 5.74) is 22.3. The van der Waals surface area contributed by atoms with Crippen LogP contribution in [-0.2, 0) is 5.41 Å². The first-order valence-electron chi connectivity index (χ1n) is 21.0. The zero-order chi connectivity index (χ0) is 40.3. The monoisotopic (exact) mass is 774 g/mol. The van der Waals surface area contributed by atoms with E-state index in [0.29, 0.717) is 5.82 Å². The van der Waals surface area contributed by atoms with Crippen molar-refractivity contribution in [1.82, 2.24) is 9.97 Å². The third-order valence-electron chi connectivity index (χ3n) is 12.8. The fraction of sp³-hybridized carbons (Fsp3) is 0.0169. The summed E-state index contributed by atoms with van der Waals surface area (Å²) in [7, 11) is 0. The standard InChI is InChI=1S/C59H38N2/c1-4-16-41(17-5-1)49-36-51-48-24-12-15-27-54(48)59(52-25-13-10-22-46(52)47-23-11-14-26-53(47)59)55(51)37-50(49)42-32-28-39(29-33-42)40-30-34-44(35-31-40)57-38-56(43-18-6-2-7-19-43)60-58(61-57)45-20-8-3-9-21-45/h1-38H. The smallest absolute Gasteiger partial charge is 0.160 e. The van der Waals surface area contributed by atoms with Crippen LogP contribution in [0.5, 0.6) is 0 Å². The van der Waals surface area contributed by atoms with Crippen LogP contribution in [0.3, 0.4) is 0 Å². The molecule has 1 spiro atoms. The van der Waals surface area contributed by atoms with Gasteiger partial charge in [0.15, 0.2) is 5.82 Å². The highest BCUT2D eigenvalue weighted by molar-refractivity contribution is 5.99. The lowest BCUT2D eigenvalue weighted by atomic mass is 9.70. The number of benzene rings is 9. The van der Waals surface area contributed by atoms with Gasteiger partial charge < -0.3 is 0 Å². The molecule has 1 heterocycles. The van der Waals surface area contributed by atoms with Gasteiger partial charge in [-0.05, 0) is 96.1 Å². The SMILES string of the molecule is c1ccc(-c2cc(-c3ccc(-c4ccc(-c5cc6c(cc5-c5ccccc5)-c5ccccc5C65c6ccccc6-c6ccccc65)cc4)cc3)nc(-c3ccccc3)n2)cc1. The van der Waals surface area contributed by atoms with E-state index < -0.39 is 5.41 Å². The van der Waals surface area contributed by atoms with Gasteiger partial charge in [0.05, 0.1) is 16.8 Å². The van der Waals surface area contributed by atoms with Crippen molar-refractivity contribution < 1.29 is 0 Å². The molecule has 1 aromatic heterocycles. The van der Waals surface area contributed by atoms with Gasteiger partial charge in [0.2, 0.25) is 0 Å². The Morgan fingerprint density at radius 3 is 1.11 bits per heavy atom. The van der Waals surface area contributed by atoms with Gasteiger partial charge in [0.1, 0.15) is 0 Å².